The summed E-state index contributed by atoms with van der Waals surface area (Å²) >= 11 is 3.49. The monoisotopic (exact) mass is 439 g/mol. The van der Waals surface area contributed by atoms with Gasteiger partial charge in [-0.15, -0.1) is 0 Å². The van der Waals surface area contributed by atoms with Gasteiger partial charge >= 0.3 is 0 Å². The number of ether oxygens (including phenoxy) is 3. The molecule has 0 radical (unpaired) electrons. The van der Waals surface area contributed by atoms with Crippen LogP contribution in [0.1, 0.15) is 0 Å². The van der Waals surface area contributed by atoms with E-state index in [-0.39, 0.29) is 0 Å². The van der Waals surface area contributed by atoms with Gasteiger partial charge in [0.1, 0.15) is 5.52 Å². The Morgan fingerprint density at radius 3 is 2.18 bits per heavy atom. The van der Waals surface area contributed by atoms with Crippen LogP contribution in [0.15, 0.2) is 63.5 Å². The normalized spacial score (nSPS) is 10.9. The number of benzene rings is 3. The second-order valence-electron chi connectivity index (χ2n) is 6.10. The smallest absolute Gasteiger partial charge is 0.227 e. The zero-order chi connectivity index (χ0) is 19.7. The van der Waals surface area contributed by atoms with Crippen LogP contribution in [0.2, 0.25) is 0 Å². The van der Waals surface area contributed by atoms with Crippen LogP contribution >= 0.6 is 15.9 Å². The first-order valence-corrected chi connectivity index (χ1v) is 9.39. The standard InChI is InChI=1S/C22H18BrNO4/c1-25-18-11-14(12-19(26-2)21(18)27-3)16-8-5-9-17-20(16)28-22(24-17)13-6-4-7-15(23)10-13/h4-12H,1-3H3. The molecule has 0 saturated heterocycles. The zero-order valence-electron chi connectivity index (χ0n) is 15.7. The van der Waals surface area contributed by atoms with Gasteiger partial charge in [0.05, 0.1) is 21.3 Å². The van der Waals surface area contributed by atoms with E-state index in [1.807, 2.05) is 54.6 Å². The highest BCUT2D eigenvalue weighted by atomic mass is 79.9. The number of oxazole rings is 1. The van der Waals surface area contributed by atoms with Gasteiger partial charge in [-0.2, -0.15) is 0 Å². The van der Waals surface area contributed by atoms with E-state index in [1.54, 1.807) is 21.3 Å². The number of aromatic nitrogens is 1. The first-order valence-electron chi connectivity index (χ1n) is 8.60. The molecular formula is C22H18BrNO4. The van der Waals surface area contributed by atoms with Crippen LogP contribution in [-0.4, -0.2) is 26.3 Å². The maximum atomic E-state index is 6.15. The van der Waals surface area contributed by atoms with E-state index in [4.69, 9.17) is 18.6 Å². The van der Waals surface area contributed by atoms with Crippen molar-refractivity contribution in [1.82, 2.24) is 4.98 Å². The lowest BCUT2D eigenvalue weighted by molar-refractivity contribution is 0.324. The van der Waals surface area contributed by atoms with Gasteiger partial charge in [0.25, 0.3) is 0 Å². The zero-order valence-corrected chi connectivity index (χ0v) is 17.2. The predicted molar refractivity (Wildman–Crippen MR) is 112 cm³/mol. The fraction of sp³-hybridized carbons (Fsp3) is 0.136. The van der Waals surface area contributed by atoms with Crippen LogP contribution in [0.25, 0.3) is 33.7 Å². The minimum absolute atomic E-state index is 0.549. The molecule has 4 rings (SSSR count). The molecular weight excluding hydrogens is 422 g/mol. The van der Waals surface area contributed by atoms with Gasteiger partial charge in [0.2, 0.25) is 11.6 Å². The average Bonchev–Trinajstić information content (AvgIpc) is 3.17. The summed E-state index contributed by atoms with van der Waals surface area (Å²) in [6, 6.07) is 17.5. The van der Waals surface area contributed by atoms with Crippen LogP contribution in [0.5, 0.6) is 17.2 Å². The van der Waals surface area contributed by atoms with Crippen LogP contribution < -0.4 is 14.2 Å². The Hall–Kier alpha value is -2.99. The Labute approximate surface area is 171 Å². The van der Waals surface area contributed by atoms with Crippen molar-refractivity contribution in [2.45, 2.75) is 0 Å². The maximum absolute atomic E-state index is 6.15. The summed E-state index contributed by atoms with van der Waals surface area (Å²) in [4.78, 5) is 4.65. The molecule has 0 spiro atoms. The molecule has 1 heterocycles. The van der Waals surface area contributed by atoms with Gasteiger partial charge in [-0.1, -0.05) is 34.1 Å². The molecule has 4 aromatic rings. The second-order valence-corrected chi connectivity index (χ2v) is 7.01. The quantitative estimate of drug-likeness (QED) is 0.384. The molecule has 0 aliphatic rings. The average molecular weight is 440 g/mol. The Bertz CT molecular complexity index is 1130. The number of rotatable bonds is 5. The first kappa shape index (κ1) is 18.4. The number of hydrogen-bond acceptors (Lipinski definition) is 5. The van der Waals surface area contributed by atoms with Gasteiger partial charge in [-0.25, -0.2) is 4.98 Å². The van der Waals surface area contributed by atoms with Crippen molar-refractivity contribution in [3.63, 3.8) is 0 Å². The molecule has 1 aromatic heterocycles. The largest absolute Gasteiger partial charge is 0.493 e. The number of methoxy groups -OCH3 is 3. The number of nitrogens with zero attached hydrogens (tertiary/aromatic N) is 1. The number of halogens is 1. The highest BCUT2D eigenvalue weighted by Crippen LogP contribution is 2.43. The van der Waals surface area contributed by atoms with Crippen molar-refractivity contribution in [2.24, 2.45) is 0 Å². The van der Waals surface area contributed by atoms with Crippen LogP contribution in [0.3, 0.4) is 0 Å². The first-order chi connectivity index (χ1) is 13.6. The molecule has 6 heteroatoms. The molecule has 0 saturated carbocycles. The van der Waals surface area contributed by atoms with Gasteiger partial charge in [-0.3, -0.25) is 0 Å². The van der Waals surface area contributed by atoms with Gasteiger partial charge in [0.15, 0.2) is 17.1 Å². The Morgan fingerprint density at radius 2 is 1.54 bits per heavy atom. The summed E-state index contributed by atoms with van der Waals surface area (Å²) in [6.07, 6.45) is 0. The number of fused-ring (bicyclic) bond motifs is 1. The summed E-state index contributed by atoms with van der Waals surface area (Å²) < 4.78 is 23.5. The summed E-state index contributed by atoms with van der Waals surface area (Å²) in [5.74, 6) is 2.28. The predicted octanol–water partition coefficient (Wildman–Crippen LogP) is 5.95. The van der Waals surface area contributed by atoms with Gasteiger partial charge < -0.3 is 18.6 Å². The second kappa shape index (κ2) is 7.56. The number of hydrogen-bond donors (Lipinski definition) is 0. The summed E-state index contributed by atoms with van der Waals surface area (Å²) in [6.45, 7) is 0. The molecule has 0 fully saturated rings. The third kappa shape index (κ3) is 3.20. The molecule has 142 valence electrons. The van der Waals surface area contributed by atoms with Crippen molar-refractivity contribution in [1.29, 1.82) is 0 Å². The minimum atomic E-state index is 0.549. The van der Waals surface area contributed by atoms with Gasteiger partial charge in [-0.05, 0) is 42.0 Å². The highest BCUT2D eigenvalue weighted by molar-refractivity contribution is 9.10. The Morgan fingerprint density at radius 1 is 0.821 bits per heavy atom. The van der Waals surface area contributed by atoms with E-state index in [0.717, 1.165) is 26.7 Å². The van der Waals surface area contributed by atoms with E-state index in [9.17, 15) is 0 Å². The third-order valence-electron chi connectivity index (χ3n) is 4.46. The van der Waals surface area contributed by atoms with Crippen molar-refractivity contribution >= 4 is 27.0 Å². The highest BCUT2D eigenvalue weighted by Gasteiger charge is 2.18. The fourth-order valence-corrected chi connectivity index (χ4v) is 3.56. The molecule has 5 nitrogen and oxygen atoms in total. The molecule has 0 N–H and O–H groups in total. The minimum Gasteiger partial charge on any atom is -0.493 e. The molecule has 28 heavy (non-hydrogen) atoms. The topological polar surface area (TPSA) is 53.7 Å². The molecule has 0 amide bonds. The van der Waals surface area contributed by atoms with Crippen molar-refractivity contribution in [2.75, 3.05) is 21.3 Å². The fourth-order valence-electron chi connectivity index (χ4n) is 3.16. The lowest BCUT2D eigenvalue weighted by atomic mass is 10.0. The van der Waals surface area contributed by atoms with E-state index in [0.29, 0.717) is 28.7 Å². The molecule has 3 aromatic carbocycles. The summed E-state index contributed by atoms with van der Waals surface area (Å²) in [5.41, 5.74) is 4.16. The lowest BCUT2D eigenvalue weighted by Crippen LogP contribution is -1.95. The number of para-hydroxylation sites is 1. The maximum Gasteiger partial charge on any atom is 0.227 e. The van der Waals surface area contributed by atoms with E-state index < -0.39 is 0 Å². The molecule has 0 aliphatic carbocycles. The van der Waals surface area contributed by atoms with E-state index in [1.165, 1.54) is 0 Å². The van der Waals surface area contributed by atoms with Crippen LogP contribution in [-0.2, 0) is 0 Å². The Balaban J connectivity index is 1.90. The molecule has 0 aliphatic heterocycles. The summed E-state index contributed by atoms with van der Waals surface area (Å²) in [5, 5.41) is 0. The molecule has 0 bridgehead atoms. The van der Waals surface area contributed by atoms with Crippen LogP contribution in [0, 0.1) is 0 Å². The van der Waals surface area contributed by atoms with Crippen molar-refractivity contribution in [3.05, 3.63) is 59.1 Å². The summed E-state index contributed by atoms with van der Waals surface area (Å²) in [7, 11) is 4.78. The third-order valence-corrected chi connectivity index (χ3v) is 4.96. The van der Waals surface area contributed by atoms with E-state index in [2.05, 4.69) is 20.9 Å². The van der Waals surface area contributed by atoms with Crippen molar-refractivity contribution in [3.8, 4) is 39.8 Å². The van der Waals surface area contributed by atoms with E-state index >= 15 is 0 Å². The molecule has 0 atom stereocenters. The van der Waals surface area contributed by atoms with Gasteiger partial charge in [0, 0.05) is 15.6 Å². The Kier molecular flexibility index (Phi) is 4.96. The lowest BCUT2D eigenvalue weighted by Gasteiger charge is -2.14. The SMILES string of the molecule is COc1cc(-c2cccc3nc(-c4cccc(Br)c4)oc23)cc(OC)c1OC. The van der Waals surface area contributed by atoms with Crippen molar-refractivity contribution < 1.29 is 18.6 Å². The molecule has 0 unspecified atom stereocenters. The van der Waals surface area contributed by atoms with Crippen LogP contribution in [0.4, 0.5) is 0 Å².